The molecule has 48 heavy (non-hydrogen) atoms. The Balaban J connectivity index is 1.34. The Morgan fingerprint density at radius 3 is 2.04 bits per heavy atom. The van der Waals surface area contributed by atoms with E-state index in [1.54, 1.807) is 43.5 Å². The zero-order valence-electron chi connectivity index (χ0n) is 27.1. The van der Waals surface area contributed by atoms with Gasteiger partial charge in [0, 0.05) is 19.4 Å². The number of carbonyl (C=O) groups is 5. The number of ether oxygens (including phenoxy) is 2. The third-order valence-corrected chi connectivity index (χ3v) is 8.73. The first-order chi connectivity index (χ1) is 23.3. The topological polar surface area (TPSA) is 143 Å². The van der Waals surface area contributed by atoms with E-state index >= 15 is 0 Å². The highest BCUT2D eigenvalue weighted by molar-refractivity contribution is 5.98. The molecule has 0 bridgehead atoms. The van der Waals surface area contributed by atoms with E-state index < -0.39 is 47.9 Å². The molecule has 252 valence electrons. The van der Waals surface area contributed by atoms with Crippen LogP contribution in [0.5, 0.6) is 5.75 Å². The van der Waals surface area contributed by atoms with Gasteiger partial charge in [0.15, 0.2) is 0 Å². The fraction of sp³-hybridized carbons (Fsp3) is 0.378. The van der Waals surface area contributed by atoms with Gasteiger partial charge in [-0.25, -0.2) is 4.79 Å². The summed E-state index contributed by atoms with van der Waals surface area (Å²) in [5, 5.41) is 8.67. The maximum absolute atomic E-state index is 14.0. The molecule has 3 N–H and O–H groups in total. The predicted octanol–water partition coefficient (Wildman–Crippen LogP) is 2.97. The van der Waals surface area contributed by atoms with Crippen LogP contribution in [0.15, 0.2) is 84.9 Å². The highest BCUT2D eigenvalue weighted by Crippen LogP contribution is 2.21. The minimum atomic E-state index is -1.03. The summed E-state index contributed by atoms with van der Waals surface area (Å²) >= 11 is 0. The Morgan fingerprint density at radius 1 is 0.729 bits per heavy atom. The number of hydrogen-bond acceptors (Lipinski definition) is 7. The molecule has 11 nitrogen and oxygen atoms in total. The molecule has 11 heteroatoms. The number of nitrogens with one attached hydrogen (secondary N) is 3. The second-order valence-electron chi connectivity index (χ2n) is 12.1. The van der Waals surface area contributed by atoms with Crippen molar-refractivity contribution in [1.29, 1.82) is 0 Å². The number of methoxy groups -OCH3 is 1. The van der Waals surface area contributed by atoms with E-state index in [2.05, 4.69) is 16.0 Å². The van der Waals surface area contributed by atoms with Crippen molar-refractivity contribution in [2.75, 3.05) is 20.3 Å². The Kier molecular flexibility index (Phi) is 11.8. The molecule has 0 unspecified atom stereocenters. The van der Waals surface area contributed by atoms with E-state index in [1.165, 1.54) is 4.90 Å². The number of nitrogens with zero attached hydrogens (tertiary/aromatic N) is 1. The fourth-order valence-corrected chi connectivity index (χ4v) is 6.11. The quantitative estimate of drug-likeness (QED) is 0.213. The molecule has 2 aliphatic heterocycles. The molecule has 4 atom stereocenters. The van der Waals surface area contributed by atoms with Gasteiger partial charge in [0.25, 0.3) is 0 Å². The van der Waals surface area contributed by atoms with Gasteiger partial charge in [0.05, 0.1) is 19.3 Å². The molecule has 2 fully saturated rings. The van der Waals surface area contributed by atoms with Gasteiger partial charge in [-0.3, -0.25) is 19.2 Å². The van der Waals surface area contributed by atoms with E-state index in [1.807, 2.05) is 48.5 Å². The van der Waals surface area contributed by atoms with Crippen molar-refractivity contribution in [3.8, 4) is 5.75 Å². The van der Waals surface area contributed by atoms with E-state index in [0.717, 1.165) is 11.1 Å². The van der Waals surface area contributed by atoms with Crippen LogP contribution in [0.3, 0.4) is 0 Å². The van der Waals surface area contributed by atoms with Gasteiger partial charge in [-0.05, 0) is 67.5 Å². The molecular weight excluding hydrogens is 612 g/mol. The van der Waals surface area contributed by atoms with Crippen LogP contribution in [0.1, 0.15) is 53.6 Å². The first-order valence-electron chi connectivity index (χ1n) is 16.4. The number of rotatable bonds is 11. The van der Waals surface area contributed by atoms with E-state index in [0.29, 0.717) is 43.5 Å². The number of hydrogen-bond donors (Lipinski definition) is 3. The number of benzene rings is 3. The first kappa shape index (κ1) is 34.2. The molecule has 4 amide bonds. The number of fused-ring (bicyclic) bond motifs is 1. The summed E-state index contributed by atoms with van der Waals surface area (Å²) in [5.41, 5.74) is 2.08. The second-order valence-corrected chi connectivity index (χ2v) is 12.1. The summed E-state index contributed by atoms with van der Waals surface area (Å²) in [6.45, 7) is 0.517. The Hall–Kier alpha value is -5.19. The Morgan fingerprint density at radius 2 is 1.33 bits per heavy atom. The van der Waals surface area contributed by atoms with Gasteiger partial charge >= 0.3 is 5.97 Å². The van der Waals surface area contributed by atoms with Crippen LogP contribution < -0.4 is 20.7 Å². The lowest BCUT2D eigenvalue weighted by Crippen LogP contribution is -2.62. The molecular formula is C37H42N4O7. The third kappa shape index (κ3) is 8.99. The van der Waals surface area contributed by atoms with Crippen LogP contribution in [-0.2, 0) is 36.8 Å². The largest absolute Gasteiger partial charge is 0.497 e. The summed E-state index contributed by atoms with van der Waals surface area (Å²) in [5.74, 6) is -1.53. The van der Waals surface area contributed by atoms with Gasteiger partial charge in [-0.1, -0.05) is 60.7 Å². The molecule has 3 aromatic carbocycles. The molecule has 0 aliphatic carbocycles. The van der Waals surface area contributed by atoms with Gasteiger partial charge in [-0.2, -0.15) is 0 Å². The molecule has 2 saturated heterocycles. The molecule has 2 aliphatic rings. The second kappa shape index (κ2) is 16.6. The van der Waals surface area contributed by atoms with Gasteiger partial charge in [-0.15, -0.1) is 0 Å². The van der Waals surface area contributed by atoms with Crippen molar-refractivity contribution in [3.63, 3.8) is 0 Å². The summed E-state index contributed by atoms with van der Waals surface area (Å²) in [6, 6.07) is 21.5. The molecule has 0 spiro atoms. The number of unbranched alkanes of at least 4 members (excludes halogenated alkanes) is 1. The van der Waals surface area contributed by atoms with Gasteiger partial charge in [0.1, 0.15) is 29.9 Å². The summed E-state index contributed by atoms with van der Waals surface area (Å²) in [7, 11) is 1.56. The average Bonchev–Trinajstić information content (AvgIpc) is 3.61. The lowest BCUT2D eigenvalue weighted by Gasteiger charge is -2.32. The van der Waals surface area contributed by atoms with Gasteiger partial charge < -0.3 is 30.3 Å². The standard InChI is InChI=1S/C37H42N4O7/c1-47-28-19-17-26(18-20-28)23-30-34(43)40-31(24-25-11-4-2-5-12-25)36(45)41-21-10-16-32(41)35(44)38-29(33(42)39-30)15-8-9-22-48-37(46)27-13-6-3-7-14-27/h2-7,11-14,17-20,29-32H,8-10,15-16,21-24H2,1H3,(H,38,44)(H,39,42)(H,40,43)/t29-,30+,31-,32+/m0/s1. The van der Waals surface area contributed by atoms with Crippen molar-refractivity contribution in [2.45, 2.75) is 69.1 Å². The zero-order chi connectivity index (χ0) is 33.9. The third-order valence-electron chi connectivity index (χ3n) is 8.73. The van der Waals surface area contributed by atoms with Crippen molar-refractivity contribution in [1.82, 2.24) is 20.9 Å². The minimum Gasteiger partial charge on any atom is -0.497 e. The van der Waals surface area contributed by atoms with Crippen LogP contribution in [-0.4, -0.2) is 78.9 Å². The Bertz CT molecular complexity index is 1570. The molecule has 2 heterocycles. The van der Waals surface area contributed by atoms with Gasteiger partial charge in [0.2, 0.25) is 23.6 Å². The van der Waals surface area contributed by atoms with Crippen LogP contribution in [0.25, 0.3) is 0 Å². The number of esters is 1. The van der Waals surface area contributed by atoms with Crippen LogP contribution in [0.4, 0.5) is 0 Å². The summed E-state index contributed by atoms with van der Waals surface area (Å²) in [6.07, 6.45) is 2.63. The molecule has 3 aromatic rings. The summed E-state index contributed by atoms with van der Waals surface area (Å²) < 4.78 is 10.6. The van der Waals surface area contributed by atoms with Crippen molar-refractivity contribution >= 4 is 29.6 Å². The lowest BCUT2D eigenvalue weighted by atomic mass is 10.00. The molecule has 0 radical (unpaired) electrons. The SMILES string of the molecule is COc1ccc(C[C@H]2NC(=O)[C@H](CCCCOC(=O)c3ccccc3)NC(=O)[C@H]3CCCN3C(=O)[C@H](Cc3ccccc3)NC2=O)cc1. The molecule has 0 saturated carbocycles. The number of carbonyl (C=O) groups excluding carboxylic acids is 5. The van der Waals surface area contributed by atoms with Crippen LogP contribution in [0.2, 0.25) is 0 Å². The van der Waals surface area contributed by atoms with E-state index in [-0.39, 0.29) is 31.8 Å². The molecule has 5 rings (SSSR count). The monoisotopic (exact) mass is 654 g/mol. The first-order valence-corrected chi connectivity index (χ1v) is 16.4. The highest BCUT2D eigenvalue weighted by atomic mass is 16.5. The molecule has 0 aromatic heterocycles. The van der Waals surface area contributed by atoms with E-state index in [9.17, 15) is 24.0 Å². The number of amides is 4. The van der Waals surface area contributed by atoms with Crippen LogP contribution >= 0.6 is 0 Å². The smallest absolute Gasteiger partial charge is 0.338 e. The normalized spacial score (nSPS) is 21.6. The maximum Gasteiger partial charge on any atom is 0.338 e. The maximum atomic E-state index is 14.0. The summed E-state index contributed by atoms with van der Waals surface area (Å²) in [4.78, 5) is 69.3. The van der Waals surface area contributed by atoms with E-state index in [4.69, 9.17) is 9.47 Å². The predicted molar refractivity (Wildman–Crippen MR) is 178 cm³/mol. The minimum absolute atomic E-state index is 0.145. The van der Waals surface area contributed by atoms with Crippen molar-refractivity contribution in [2.24, 2.45) is 0 Å². The lowest BCUT2D eigenvalue weighted by molar-refractivity contribution is -0.143. The highest BCUT2D eigenvalue weighted by Gasteiger charge is 2.40. The van der Waals surface area contributed by atoms with Crippen LogP contribution in [0, 0.1) is 0 Å². The van der Waals surface area contributed by atoms with Crippen molar-refractivity contribution in [3.05, 3.63) is 102 Å². The fourth-order valence-electron chi connectivity index (χ4n) is 6.11. The average molecular weight is 655 g/mol. The zero-order valence-corrected chi connectivity index (χ0v) is 27.1. The Labute approximate surface area is 280 Å². The van der Waals surface area contributed by atoms with Crippen molar-refractivity contribution < 1.29 is 33.4 Å².